The second kappa shape index (κ2) is 6.36. The van der Waals surface area contributed by atoms with Crippen molar-refractivity contribution in [1.82, 2.24) is 9.80 Å². The molecule has 106 valence electrons. The number of rotatable bonds is 3. The fourth-order valence-corrected chi connectivity index (χ4v) is 4.03. The number of carbonyl (C=O) groups excluding carboxylic acids is 1. The van der Waals surface area contributed by atoms with Crippen molar-refractivity contribution in [2.45, 2.75) is 0 Å². The van der Waals surface area contributed by atoms with Crippen molar-refractivity contribution < 1.29 is 9.53 Å². The van der Waals surface area contributed by atoms with E-state index in [0.29, 0.717) is 15.9 Å². The third-order valence-corrected chi connectivity index (χ3v) is 5.33. The summed E-state index contributed by atoms with van der Waals surface area (Å²) < 4.78 is 5.96. The Labute approximate surface area is 131 Å². The number of amides is 1. The Bertz CT molecular complexity index is 536. The topological polar surface area (TPSA) is 32.8 Å². The van der Waals surface area contributed by atoms with Gasteiger partial charge in [0.1, 0.15) is 4.32 Å². The van der Waals surface area contributed by atoms with Gasteiger partial charge >= 0.3 is 0 Å². The average molecular weight is 326 g/mol. The lowest BCUT2D eigenvalue weighted by molar-refractivity contribution is -0.124. The molecule has 2 aliphatic heterocycles. The van der Waals surface area contributed by atoms with Crippen molar-refractivity contribution in [2.24, 2.45) is 0 Å². The normalized spacial score (nSPS) is 23.0. The van der Waals surface area contributed by atoms with E-state index in [0.717, 1.165) is 31.2 Å². The van der Waals surface area contributed by atoms with E-state index in [4.69, 9.17) is 17.0 Å². The van der Waals surface area contributed by atoms with Crippen molar-refractivity contribution in [3.63, 3.8) is 0 Å². The summed E-state index contributed by atoms with van der Waals surface area (Å²) in [4.78, 5) is 18.1. The molecule has 0 atom stereocenters. The number of hydrogen-bond acceptors (Lipinski definition) is 6. The summed E-state index contributed by atoms with van der Waals surface area (Å²) >= 11 is 8.34. The summed E-state index contributed by atoms with van der Waals surface area (Å²) in [6.07, 6.45) is 1.92. The Balaban J connectivity index is 1.70. The minimum Gasteiger partial charge on any atom is -0.379 e. The van der Waals surface area contributed by atoms with Gasteiger partial charge in [-0.25, -0.2) is 0 Å². The van der Waals surface area contributed by atoms with E-state index in [9.17, 15) is 4.79 Å². The Morgan fingerprint density at radius 2 is 2.20 bits per heavy atom. The number of morpholine rings is 1. The lowest BCUT2D eigenvalue weighted by Crippen LogP contribution is -2.45. The van der Waals surface area contributed by atoms with Crippen LogP contribution in [0.2, 0.25) is 0 Å². The molecule has 1 amide bonds. The van der Waals surface area contributed by atoms with Gasteiger partial charge < -0.3 is 4.74 Å². The molecule has 0 N–H and O–H groups in total. The predicted molar refractivity (Wildman–Crippen MR) is 86.6 cm³/mol. The van der Waals surface area contributed by atoms with Crippen molar-refractivity contribution >= 4 is 51.6 Å². The fourth-order valence-electron chi connectivity index (χ4n) is 2.07. The molecule has 2 fully saturated rings. The first kappa shape index (κ1) is 14.2. The molecule has 20 heavy (non-hydrogen) atoms. The van der Waals surface area contributed by atoms with Crippen LogP contribution in [0.25, 0.3) is 6.08 Å². The third-order valence-electron chi connectivity index (χ3n) is 3.14. The van der Waals surface area contributed by atoms with Gasteiger partial charge in [0.2, 0.25) is 0 Å². The number of ether oxygens (including phenoxy) is 1. The van der Waals surface area contributed by atoms with Crippen molar-refractivity contribution in [2.75, 3.05) is 33.0 Å². The quantitative estimate of drug-likeness (QED) is 0.628. The smallest absolute Gasteiger partial charge is 0.267 e. The Morgan fingerprint density at radius 3 is 2.90 bits per heavy atom. The van der Waals surface area contributed by atoms with E-state index in [-0.39, 0.29) is 5.91 Å². The maximum Gasteiger partial charge on any atom is 0.267 e. The van der Waals surface area contributed by atoms with Crippen LogP contribution in [-0.2, 0) is 9.53 Å². The van der Waals surface area contributed by atoms with Crippen LogP contribution in [-0.4, -0.2) is 53.0 Å². The SMILES string of the molecule is O=C1C(=Cc2cccs2)SC(=S)N1CN1CCOCC1. The van der Waals surface area contributed by atoms with Crippen LogP contribution < -0.4 is 0 Å². The number of thiocarbonyl (C=S) groups is 1. The number of thioether (sulfide) groups is 1. The van der Waals surface area contributed by atoms with Gasteiger partial charge in [0.05, 0.1) is 24.8 Å². The average Bonchev–Trinajstić information content (AvgIpc) is 3.05. The molecular formula is C13H14N2O2S3. The number of thiophene rings is 1. The molecule has 0 saturated carbocycles. The fraction of sp³-hybridized carbons (Fsp3) is 0.385. The molecule has 4 nitrogen and oxygen atoms in total. The van der Waals surface area contributed by atoms with E-state index < -0.39 is 0 Å². The van der Waals surface area contributed by atoms with Gasteiger partial charge in [-0.15, -0.1) is 11.3 Å². The second-order valence-electron chi connectivity index (χ2n) is 4.50. The summed E-state index contributed by atoms with van der Waals surface area (Å²) in [5.74, 6) is 0.0138. The molecular weight excluding hydrogens is 312 g/mol. The molecule has 7 heteroatoms. The van der Waals surface area contributed by atoms with Crippen LogP contribution >= 0.6 is 35.3 Å². The van der Waals surface area contributed by atoms with Crippen molar-refractivity contribution in [3.05, 3.63) is 27.3 Å². The first-order valence-electron chi connectivity index (χ1n) is 6.33. The molecule has 1 aromatic rings. The molecule has 1 aromatic heterocycles. The molecule has 3 rings (SSSR count). The maximum absolute atomic E-state index is 12.4. The highest BCUT2D eigenvalue weighted by Gasteiger charge is 2.33. The standard InChI is InChI=1S/C13H14N2O2S3/c16-12-11(8-10-2-1-7-19-10)20-13(18)15(12)9-14-3-5-17-6-4-14/h1-2,7-8H,3-6,9H2. The number of carbonyl (C=O) groups is 1. The second-order valence-corrected chi connectivity index (χ2v) is 7.15. The van der Waals surface area contributed by atoms with E-state index in [1.54, 1.807) is 16.2 Å². The minimum atomic E-state index is 0.0138. The summed E-state index contributed by atoms with van der Waals surface area (Å²) in [6, 6.07) is 3.98. The van der Waals surface area contributed by atoms with Gasteiger partial charge in [-0.3, -0.25) is 14.6 Å². The first-order chi connectivity index (χ1) is 9.74. The highest BCUT2D eigenvalue weighted by Crippen LogP contribution is 2.33. The monoisotopic (exact) mass is 326 g/mol. The Kier molecular flexibility index (Phi) is 4.52. The van der Waals surface area contributed by atoms with Gasteiger partial charge in [-0.2, -0.15) is 0 Å². The molecule has 0 aromatic carbocycles. The van der Waals surface area contributed by atoms with E-state index in [1.807, 2.05) is 23.6 Å². The molecule has 3 heterocycles. The van der Waals surface area contributed by atoms with Gasteiger partial charge in [0.15, 0.2) is 0 Å². The Morgan fingerprint density at radius 1 is 1.40 bits per heavy atom. The number of nitrogens with zero attached hydrogens (tertiary/aromatic N) is 2. The highest BCUT2D eigenvalue weighted by atomic mass is 32.2. The predicted octanol–water partition coefficient (Wildman–Crippen LogP) is 2.24. The van der Waals surface area contributed by atoms with Crippen LogP contribution in [0.3, 0.4) is 0 Å². The molecule has 2 aliphatic rings. The largest absolute Gasteiger partial charge is 0.379 e. The van der Waals surface area contributed by atoms with E-state index in [2.05, 4.69) is 4.90 Å². The van der Waals surface area contributed by atoms with Gasteiger partial charge in [-0.05, 0) is 17.5 Å². The lowest BCUT2D eigenvalue weighted by atomic mass is 10.4. The molecule has 0 radical (unpaired) electrons. The van der Waals surface area contributed by atoms with Gasteiger partial charge in [0.25, 0.3) is 5.91 Å². The number of hydrogen-bond donors (Lipinski definition) is 0. The lowest BCUT2D eigenvalue weighted by Gasteiger charge is -2.29. The van der Waals surface area contributed by atoms with Crippen LogP contribution in [0.4, 0.5) is 0 Å². The van der Waals surface area contributed by atoms with E-state index >= 15 is 0 Å². The minimum absolute atomic E-state index is 0.0138. The van der Waals surface area contributed by atoms with Gasteiger partial charge in [0, 0.05) is 18.0 Å². The zero-order valence-corrected chi connectivity index (χ0v) is 13.2. The highest BCUT2D eigenvalue weighted by molar-refractivity contribution is 8.26. The summed E-state index contributed by atoms with van der Waals surface area (Å²) in [6.45, 7) is 3.71. The maximum atomic E-state index is 12.4. The molecule has 0 unspecified atom stereocenters. The van der Waals surface area contributed by atoms with Crippen molar-refractivity contribution in [3.8, 4) is 0 Å². The Hall–Kier alpha value is -0.730. The summed E-state index contributed by atoms with van der Waals surface area (Å²) in [5.41, 5.74) is 0. The van der Waals surface area contributed by atoms with Crippen LogP contribution in [0.15, 0.2) is 22.4 Å². The zero-order valence-electron chi connectivity index (χ0n) is 10.8. The summed E-state index contributed by atoms with van der Waals surface area (Å²) in [7, 11) is 0. The summed E-state index contributed by atoms with van der Waals surface area (Å²) in [5, 5.41) is 2.00. The van der Waals surface area contributed by atoms with Crippen LogP contribution in [0.1, 0.15) is 4.88 Å². The van der Waals surface area contributed by atoms with Gasteiger partial charge in [-0.1, -0.05) is 30.0 Å². The van der Waals surface area contributed by atoms with Crippen molar-refractivity contribution in [1.29, 1.82) is 0 Å². The first-order valence-corrected chi connectivity index (χ1v) is 8.43. The molecule has 0 aliphatic carbocycles. The van der Waals surface area contributed by atoms with Crippen LogP contribution in [0.5, 0.6) is 0 Å². The molecule has 0 bridgehead atoms. The zero-order chi connectivity index (χ0) is 13.9. The molecule has 0 spiro atoms. The van der Waals surface area contributed by atoms with E-state index in [1.165, 1.54) is 11.8 Å². The van der Waals surface area contributed by atoms with Crippen LogP contribution in [0, 0.1) is 0 Å². The molecule has 2 saturated heterocycles. The third kappa shape index (κ3) is 3.12.